The third-order valence-electron chi connectivity index (χ3n) is 5.17. The second kappa shape index (κ2) is 4.85. The zero-order valence-corrected chi connectivity index (χ0v) is 12.0. The molecule has 3 unspecified atom stereocenters. The molecule has 20 heavy (non-hydrogen) atoms. The van der Waals surface area contributed by atoms with Crippen LogP contribution >= 0.6 is 0 Å². The van der Waals surface area contributed by atoms with Gasteiger partial charge in [-0.05, 0) is 55.2 Å². The van der Waals surface area contributed by atoms with E-state index < -0.39 is 0 Å². The molecule has 0 spiro atoms. The number of rotatable bonds is 4. The summed E-state index contributed by atoms with van der Waals surface area (Å²) in [7, 11) is 0. The summed E-state index contributed by atoms with van der Waals surface area (Å²) in [4.78, 5) is 4.65. The summed E-state index contributed by atoms with van der Waals surface area (Å²) in [6.07, 6.45) is 6.22. The quantitative estimate of drug-likeness (QED) is 0.907. The molecule has 1 aromatic carbocycles. The first-order valence-electron chi connectivity index (χ1n) is 7.94. The third kappa shape index (κ3) is 2.03. The molecule has 2 aromatic rings. The highest BCUT2D eigenvalue weighted by Crippen LogP contribution is 2.57. The fourth-order valence-corrected chi connectivity index (χ4v) is 4.16. The lowest BCUT2D eigenvalue weighted by Crippen LogP contribution is -2.28. The summed E-state index contributed by atoms with van der Waals surface area (Å²) < 4.78 is 0. The van der Waals surface area contributed by atoms with Crippen LogP contribution in [0.5, 0.6) is 0 Å². The number of benzene rings is 1. The number of hydrogen-bond donors (Lipinski definition) is 1. The molecule has 2 saturated carbocycles. The minimum atomic E-state index is 0.478. The van der Waals surface area contributed by atoms with Gasteiger partial charge in [-0.25, -0.2) is 0 Å². The fraction of sp³-hybridized carbons (Fsp3) is 0.500. The number of nitrogens with zero attached hydrogens (tertiary/aromatic N) is 1. The van der Waals surface area contributed by atoms with Gasteiger partial charge in [0.1, 0.15) is 0 Å². The Bertz CT molecular complexity index is 606. The first kappa shape index (κ1) is 12.3. The summed E-state index contributed by atoms with van der Waals surface area (Å²) in [6.45, 7) is 3.24. The van der Waals surface area contributed by atoms with Crippen molar-refractivity contribution in [3.8, 4) is 0 Å². The summed E-state index contributed by atoms with van der Waals surface area (Å²) in [6, 6.07) is 11.3. The van der Waals surface area contributed by atoms with Crippen molar-refractivity contribution < 1.29 is 0 Å². The average molecular weight is 266 g/mol. The van der Waals surface area contributed by atoms with Gasteiger partial charge in [0.05, 0.1) is 5.52 Å². The second-order valence-electron chi connectivity index (χ2n) is 6.45. The van der Waals surface area contributed by atoms with Gasteiger partial charge in [-0.3, -0.25) is 4.98 Å². The Hall–Kier alpha value is -1.41. The molecular formula is C18H22N2. The van der Waals surface area contributed by atoms with E-state index in [-0.39, 0.29) is 0 Å². The zero-order chi connectivity index (χ0) is 13.5. The van der Waals surface area contributed by atoms with Gasteiger partial charge >= 0.3 is 0 Å². The number of nitrogens with one attached hydrogen (secondary N) is 1. The molecule has 1 heterocycles. The summed E-state index contributed by atoms with van der Waals surface area (Å²) >= 11 is 0. The number of aromatic nitrogens is 1. The van der Waals surface area contributed by atoms with Gasteiger partial charge in [-0.2, -0.15) is 0 Å². The van der Waals surface area contributed by atoms with Crippen molar-refractivity contribution in [2.45, 2.75) is 32.2 Å². The van der Waals surface area contributed by atoms with Crippen molar-refractivity contribution >= 4 is 10.9 Å². The van der Waals surface area contributed by atoms with Crippen LogP contribution in [0.3, 0.4) is 0 Å². The first-order valence-corrected chi connectivity index (χ1v) is 7.94. The lowest BCUT2D eigenvalue weighted by Gasteiger charge is -2.27. The Morgan fingerprint density at radius 2 is 1.95 bits per heavy atom. The molecule has 1 N–H and O–H groups in total. The average Bonchev–Trinajstić information content (AvgIpc) is 3.11. The maximum atomic E-state index is 4.65. The van der Waals surface area contributed by atoms with E-state index in [0.29, 0.717) is 6.04 Å². The Labute approximate surface area is 120 Å². The van der Waals surface area contributed by atoms with Crippen LogP contribution in [0.4, 0.5) is 0 Å². The normalized spacial score (nSPS) is 29.4. The maximum absolute atomic E-state index is 4.65. The Morgan fingerprint density at radius 1 is 1.15 bits per heavy atom. The van der Waals surface area contributed by atoms with Crippen molar-refractivity contribution in [1.29, 1.82) is 0 Å². The van der Waals surface area contributed by atoms with E-state index in [1.54, 1.807) is 0 Å². The molecule has 4 rings (SSSR count). The van der Waals surface area contributed by atoms with E-state index in [1.165, 1.54) is 35.7 Å². The van der Waals surface area contributed by atoms with Crippen LogP contribution in [0.1, 0.15) is 37.8 Å². The van der Waals surface area contributed by atoms with Crippen LogP contribution in [-0.2, 0) is 0 Å². The number of pyridine rings is 1. The van der Waals surface area contributed by atoms with Gasteiger partial charge in [0, 0.05) is 17.6 Å². The fourth-order valence-electron chi connectivity index (χ4n) is 4.16. The molecular weight excluding hydrogens is 244 g/mol. The molecule has 2 nitrogen and oxygen atoms in total. The topological polar surface area (TPSA) is 24.9 Å². The maximum Gasteiger partial charge on any atom is 0.0749 e. The highest BCUT2D eigenvalue weighted by Gasteiger charge is 2.48. The smallest absolute Gasteiger partial charge is 0.0749 e. The Morgan fingerprint density at radius 3 is 2.75 bits per heavy atom. The number of hydrogen-bond acceptors (Lipinski definition) is 2. The molecule has 104 valence electrons. The van der Waals surface area contributed by atoms with Gasteiger partial charge in [0.25, 0.3) is 0 Å². The van der Waals surface area contributed by atoms with Gasteiger partial charge in [0.2, 0.25) is 0 Å². The summed E-state index contributed by atoms with van der Waals surface area (Å²) in [5.41, 5.74) is 2.58. The van der Waals surface area contributed by atoms with Crippen LogP contribution in [0.15, 0.2) is 36.5 Å². The van der Waals surface area contributed by atoms with E-state index in [2.05, 4.69) is 41.5 Å². The molecule has 2 aliphatic carbocycles. The van der Waals surface area contributed by atoms with E-state index in [4.69, 9.17) is 0 Å². The molecule has 0 saturated heterocycles. The number of fused-ring (bicyclic) bond motifs is 2. The van der Waals surface area contributed by atoms with Crippen LogP contribution in [0.25, 0.3) is 10.9 Å². The minimum absolute atomic E-state index is 0.478. The van der Waals surface area contributed by atoms with Crippen LogP contribution in [0.2, 0.25) is 0 Å². The Kier molecular flexibility index (Phi) is 2.99. The lowest BCUT2D eigenvalue weighted by atomic mass is 9.88. The molecule has 2 fully saturated rings. The van der Waals surface area contributed by atoms with Crippen molar-refractivity contribution in [1.82, 2.24) is 10.3 Å². The van der Waals surface area contributed by atoms with Crippen LogP contribution in [0, 0.1) is 17.8 Å². The zero-order valence-electron chi connectivity index (χ0n) is 12.0. The molecule has 2 heteroatoms. The summed E-state index contributed by atoms with van der Waals surface area (Å²) in [5.74, 6) is 2.86. The van der Waals surface area contributed by atoms with E-state index >= 15 is 0 Å². The second-order valence-corrected chi connectivity index (χ2v) is 6.45. The van der Waals surface area contributed by atoms with Gasteiger partial charge in [-0.15, -0.1) is 0 Å². The van der Waals surface area contributed by atoms with Crippen molar-refractivity contribution in [2.75, 3.05) is 6.54 Å². The largest absolute Gasteiger partial charge is 0.310 e. The predicted molar refractivity (Wildman–Crippen MR) is 82.5 cm³/mol. The van der Waals surface area contributed by atoms with E-state index in [1.807, 2.05) is 12.3 Å². The highest BCUT2D eigenvalue weighted by atomic mass is 14.9. The molecule has 1 aromatic heterocycles. The molecule has 0 radical (unpaired) electrons. The van der Waals surface area contributed by atoms with E-state index in [0.717, 1.165) is 24.3 Å². The van der Waals surface area contributed by atoms with Crippen molar-refractivity contribution in [2.24, 2.45) is 17.8 Å². The first-order chi connectivity index (χ1) is 9.86. The van der Waals surface area contributed by atoms with Crippen molar-refractivity contribution in [3.05, 3.63) is 42.1 Å². The molecule has 3 atom stereocenters. The molecule has 0 amide bonds. The third-order valence-corrected chi connectivity index (χ3v) is 5.17. The molecule has 0 bridgehead atoms. The SMILES string of the molecule is CCNC(c1cccc2cccnc12)C1CC2CC2C1. The van der Waals surface area contributed by atoms with Gasteiger partial charge in [0.15, 0.2) is 0 Å². The molecule has 0 aliphatic heterocycles. The standard InChI is InChI=1S/C18H22N2/c1-2-19-18(15-10-13-9-14(13)11-15)16-7-3-5-12-6-4-8-20-17(12)16/h3-8,13-15,18-19H,2,9-11H2,1H3. The van der Waals surface area contributed by atoms with E-state index in [9.17, 15) is 0 Å². The van der Waals surface area contributed by atoms with Crippen molar-refractivity contribution in [3.63, 3.8) is 0 Å². The highest BCUT2D eigenvalue weighted by molar-refractivity contribution is 5.82. The molecule has 2 aliphatic rings. The summed E-state index contributed by atoms with van der Waals surface area (Å²) in [5, 5.41) is 4.99. The van der Waals surface area contributed by atoms with Gasteiger partial charge in [-0.1, -0.05) is 31.2 Å². The Balaban J connectivity index is 1.73. The lowest BCUT2D eigenvalue weighted by molar-refractivity contribution is 0.348. The van der Waals surface area contributed by atoms with Gasteiger partial charge < -0.3 is 5.32 Å². The van der Waals surface area contributed by atoms with Crippen LogP contribution < -0.4 is 5.32 Å². The predicted octanol–water partition coefficient (Wildman–Crippen LogP) is 3.93. The monoisotopic (exact) mass is 266 g/mol. The van der Waals surface area contributed by atoms with Crippen LogP contribution in [-0.4, -0.2) is 11.5 Å². The minimum Gasteiger partial charge on any atom is -0.310 e. The number of para-hydroxylation sites is 1.